The minimum atomic E-state index is 0.425. The highest BCUT2D eigenvalue weighted by Gasteiger charge is 2.21. The maximum absolute atomic E-state index is 3.59. The molecule has 19 heavy (non-hydrogen) atoms. The third kappa shape index (κ3) is 2.49. The van der Waals surface area contributed by atoms with Crippen LogP contribution in [0.25, 0.3) is 0 Å². The van der Waals surface area contributed by atoms with Crippen molar-refractivity contribution in [1.29, 1.82) is 0 Å². The summed E-state index contributed by atoms with van der Waals surface area (Å²) in [6.07, 6.45) is 0. The summed E-state index contributed by atoms with van der Waals surface area (Å²) in [5, 5.41) is 3.59. The van der Waals surface area contributed by atoms with Gasteiger partial charge in [0.05, 0.1) is 6.04 Å². The fourth-order valence-corrected chi connectivity index (χ4v) is 2.81. The van der Waals surface area contributed by atoms with E-state index in [4.69, 9.17) is 0 Å². The Kier molecular flexibility index (Phi) is 3.26. The van der Waals surface area contributed by atoms with Gasteiger partial charge in [-0.05, 0) is 31.2 Å². The fraction of sp³-hybridized carbons (Fsp3) is 0.294. The van der Waals surface area contributed by atoms with Gasteiger partial charge in [0, 0.05) is 18.8 Å². The molecule has 0 saturated carbocycles. The molecule has 0 amide bonds. The molecule has 0 aliphatic carbocycles. The van der Waals surface area contributed by atoms with Gasteiger partial charge >= 0.3 is 0 Å². The molecule has 0 fully saturated rings. The van der Waals surface area contributed by atoms with Crippen LogP contribution < -0.4 is 5.32 Å². The van der Waals surface area contributed by atoms with Crippen molar-refractivity contribution in [2.75, 3.05) is 18.9 Å². The van der Waals surface area contributed by atoms with Crippen LogP contribution >= 0.6 is 0 Å². The second-order valence-electron chi connectivity index (χ2n) is 5.38. The molecule has 1 atom stereocenters. The Balaban J connectivity index is 1.90. The van der Waals surface area contributed by atoms with Crippen molar-refractivity contribution in [1.82, 2.24) is 4.90 Å². The van der Waals surface area contributed by atoms with Crippen LogP contribution in [0, 0.1) is 6.92 Å². The van der Waals surface area contributed by atoms with E-state index < -0.39 is 0 Å². The number of nitrogens with zero attached hydrogens (tertiary/aromatic N) is 1. The summed E-state index contributed by atoms with van der Waals surface area (Å²) >= 11 is 0. The van der Waals surface area contributed by atoms with Crippen LogP contribution in [0.2, 0.25) is 0 Å². The van der Waals surface area contributed by atoms with E-state index in [9.17, 15) is 0 Å². The minimum Gasteiger partial charge on any atom is -0.383 e. The Morgan fingerprint density at radius 1 is 1.11 bits per heavy atom. The predicted molar refractivity (Wildman–Crippen MR) is 80.3 cm³/mol. The van der Waals surface area contributed by atoms with Gasteiger partial charge in [0.15, 0.2) is 0 Å². The topological polar surface area (TPSA) is 15.3 Å². The van der Waals surface area contributed by atoms with Gasteiger partial charge in [0.2, 0.25) is 0 Å². The number of hydrogen-bond donors (Lipinski definition) is 1. The number of nitrogens with one attached hydrogen (secondary N) is 1. The van der Waals surface area contributed by atoms with Crippen molar-refractivity contribution in [2.24, 2.45) is 0 Å². The van der Waals surface area contributed by atoms with Crippen LogP contribution in [0.4, 0.5) is 5.69 Å². The van der Waals surface area contributed by atoms with E-state index in [-0.39, 0.29) is 0 Å². The van der Waals surface area contributed by atoms with Crippen LogP contribution in [0.15, 0.2) is 48.5 Å². The number of rotatable bonds is 1. The average molecular weight is 252 g/mol. The SMILES string of the molecule is Cc1ccc2c(c1)CN(C)C(c1ccccc1)CN2. The van der Waals surface area contributed by atoms with E-state index in [2.05, 4.69) is 72.7 Å². The van der Waals surface area contributed by atoms with Crippen LogP contribution in [-0.2, 0) is 6.54 Å². The van der Waals surface area contributed by atoms with Gasteiger partial charge in [-0.2, -0.15) is 0 Å². The quantitative estimate of drug-likeness (QED) is 0.834. The molecule has 3 rings (SSSR count). The highest BCUT2D eigenvalue weighted by atomic mass is 15.2. The first-order chi connectivity index (χ1) is 9.24. The summed E-state index contributed by atoms with van der Waals surface area (Å²) in [6, 6.07) is 17.8. The maximum Gasteiger partial charge on any atom is 0.0521 e. The van der Waals surface area contributed by atoms with E-state index in [1.54, 1.807) is 0 Å². The van der Waals surface area contributed by atoms with Crippen LogP contribution in [0.5, 0.6) is 0 Å². The molecule has 98 valence electrons. The Morgan fingerprint density at radius 3 is 2.68 bits per heavy atom. The van der Waals surface area contributed by atoms with Gasteiger partial charge in [-0.15, -0.1) is 0 Å². The van der Waals surface area contributed by atoms with Gasteiger partial charge in [-0.1, -0.05) is 48.0 Å². The van der Waals surface area contributed by atoms with Crippen molar-refractivity contribution in [2.45, 2.75) is 19.5 Å². The first-order valence-electron chi connectivity index (χ1n) is 6.82. The molecule has 2 nitrogen and oxygen atoms in total. The molecule has 1 N–H and O–H groups in total. The van der Waals surface area contributed by atoms with Crippen LogP contribution in [-0.4, -0.2) is 18.5 Å². The lowest BCUT2D eigenvalue weighted by Crippen LogP contribution is -2.26. The second-order valence-corrected chi connectivity index (χ2v) is 5.38. The fourth-order valence-electron chi connectivity index (χ4n) is 2.81. The zero-order valence-corrected chi connectivity index (χ0v) is 11.6. The third-order valence-electron chi connectivity index (χ3n) is 3.88. The summed E-state index contributed by atoms with van der Waals surface area (Å²) < 4.78 is 0. The molecule has 0 aromatic heterocycles. The molecule has 2 aromatic carbocycles. The zero-order chi connectivity index (χ0) is 13.2. The smallest absolute Gasteiger partial charge is 0.0521 e. The lowest BCUT2D eigenvalue weighted by Gasteiger charge is -2.25. The molecular weight excluding hydrogens is 232 g/mol. The standard InChI is InChI=1S/C17H20N2/c1-13-8-9-16-15(10-13)12-19(2)17(11-18-16)14-6-4-3-5-7-14/h3-10,17-18H,11-12H2,1-2H3. The van der Waals surface area contributed by atoms with Gasteiger partial charge in [0.1, 0.15) is 0 Å². The average Bonchev–Trinajstić information content (AvgIpc) is 2.57. The third-order valence-corrected chi connectivity index (χ3v) is 3.88. The first kappa shape index (κ1) is 12.2. The summed E-state index contributed by atoms with van der Waals surface area (Å²) in [5.41, 5.74) is 5.37. The molecule has 1 aliphatic rings. The van der Waals surface area contributed by atoms with E-state index in [1.165, 1.54) is 22.4 Å². The molecule has 1 aliphatic heterocycles. The van der Waals surface area contributed by atoms with Gasteiger partial charge < -0.3 is 5.32 Å². The lowest BCUT2D eigenvalue weighted by atomic mass is 10.1. The molecule has 2 aromatic rings. The van der Waals surface area contributed by atoms with Crippen molar-refractivity contribution in [3.63, 3.8) is 0 Å². The molecular formula is C17H20N2. The van der Waals surface area contributed by atoms with Crippen molar-refractivity contribution in [3.8, 4) is 0 Å². The van der Waals surface area contributed by atoms with Crippen molar-refractivity contribution >= 4 is 5.69 Å². The Morgan fingerprint density at radius 2 is 1.89 bits per heavy atom. The highest BCUT2D eigenvalue weighted by Crippen LogP contribution is 2.29. The van der Waals surface area contributed by atoms with Crippen LogP contribution in [0.3, 0.4) is 0 Å². The Labute approximate surface area is 115 Å². The van der Waals surface area contributed by atoms with Gasteiger partial charge in [0.25, 0.3) is 0 Å². The molecule has 0 spiro atoms. The highest BCUT2D eigenvalue weighted by molar-refractivity contribution is 5.53. The summed E-state index contributed by atoms with van der Waals surface area (Å²) in [5.74, 6) is 0. The van der Waals surface area contributed by atoms with Gasteiger partial charge in [-0.25, -0.2) is 0 Å². The predicted octanol–water partition coefficient (Wildman–Crippen LogP) is 3.59. The number of aryl methyl sites for hydroxylation is 1. The molecule has 1 unspecified atom stereocenters. The molecule has 2 heteroatoms. The normalized spacial score (nSPS) is 19.4. The van der Waals surface area contributed by atoms with Crippen molar-refractivity contribution < 1.29 is 0 Å². The van der Waals surface area contributed by atoms with Crippen LogP contribution in [0.1, 0.15) is 22.7 Å². The van der Waals surface area contributed by atoms with Gasteiger partial charge in [-0.3, -0.25) is 4.90 Å². The van der Waals surface area contributed by atoms with E-state index >= 15 is 0 Å². The molecule has 1 heterocycles. The van der Waals surface area contributed by atoms with E-state index in [0.717, 1.165) is 13.1 Å². The minimum absolute atomic E-state index is 0.425. The number of anilines is 1. The Bertz CT molecular complexity index is 563. The number of benzene rings is 2. The number of hydrogen-bond acceptors (Lipinski definition) is 2. The van der Waals surface area contributed by atoms with E-state index in [1.807, 2.05) is 0 Å². The summed E-state index contributed by atoms with van der Waals surface area (Å²) in [7, 11) is 2.21. The lowest BCUT2D eigenvalue weighted by molar-refractivity contribution is 0.252. The second kappa shape index (κ2) is 5.06. The summed E-state index contributed by atoms with van der Waals surface area (Å²) in [4.78, 5) is 2.42. The van der Waals surface area contributed by atoms with Crippen molar-refractivity contribution in [3.05, 3.63) is 65.2 Å². The maximum atomic E-state index is 3.59. The summed E-state index contributed by atoms with van der Waals surface area (Å²) in [6.45, 7) is 4.10. The number of fused-ring (bicyclic) bond motifs is 1. The molecule has 0 bridgehead atoms. The Hall–Kier alpha value is -1.80. The van der Waals surface area contributed by atoms with E-state index in [0.29, 0.717) is 6.04 Å². The molecule has 0 saturated heterocycles. The number of likely N-dealkylation sites (N-methyl/N-ethyl adjacent to an activating group) is 1. The monoisotopic (exact) mass is 252 g/mol. The largest absolute Gasteiger partial charge is 0.383 e. The molecule has 0 radical (unpaired) electrons. The zero-order valence-electron chi connectivity index (χ0n) is 11.6. The first-order valence-corrected chi connectivity index (χ1v) is 6.82.